The summed E-state index contributed by atoms with van der Waals surface area (Å²) in [6, 6.07) is 6.52. The van der Waals surface area contributed by atoms with Crippen LogP contribution in [0.3, 0.4) is 0 Å². The Morgan fingerprint density at radius 3 is 2.62 bits per heavy atom. The molecule has 1 N–H and O–H groups in total. The number of benzene rings is 1. The Hall–Kier alpha value is -1.02. The number of ether oxygens (including phenoxy) is 1. The molecule has 0 bridgehead atoms. The third-order valence-corrected chi connectivity index (χ3v) is 3.98. The summed E-state index contributed by atoms with van der Waals surface area (Å²) in [5.74, 6) is 1.74. The summed E-state index contributed by atoms with van der Waals surface area (Å²) >= 11 is 0. The topological polar surface area (TPSA) is 21.3 Å². The lowest BCUT2D eigenvalue weighted by Crippen LogP contribution is -2.16. The highest BCUT2D eigenvalue weighted by atomic mass is 16.5. The molecule has 0 spiro atoms. The molecule has 120 valence electrons. The maximum Gasteiger partial charge on any atom is 0.123 e. The Kier molecular flexibility index (Phi) is 9.16. The fourth-order valence-corrected chi connectivity index (χ4v) is 2.49. The minimum absolute atomic E-state index is 0.683. The van der Waals surface area contributed by atoms with E-state index in [1.54, 1.807) is 0 Å². The molecule has 2 nitrogen and oxygen atoms in total. The molecule has 0 aliphatic carbocycles. The molecule has 0 amide bonds. The third-order valence-electron chi connectivity index (χ3n) is 3.98. The van der Waals surface area contributed by atoms with Gasteiger partial charge in [-0.15, -0.1) is 0 Å². The van der Waals surface area contributed by atoms with E-state index in [-0.39, 0.29) is 0 Å². The minimum Gasteiger partial charge on any atom is -0.493 e. The van der Waals surface area contributed by atoms with Crippen molar-refractivity contribution in [2.75, 3.05) is 13.2 Å². The molecule has 1 aromatic rings. The lowest BCUT2D eigenvalue weighted by atomic mass is 10.0. The molecule has 0 saturated carbocycles. The first kappa shape index (κ1) is 18.0. The summed E-state index contributed by atoms with van der Waals surface area (Å²) in [5, 5.41) is 3.47. The van der Waals surface area contributed by atoms with E-state index in [4.69, 9.17) is 4.74 Å². The lowest BCUT2D eigenvalue weighted by Gasteiger charge is -2.18. The van der Waals surface area contributed by atoms with Crippen LogP contribution in [0.4, 0.5) is 0 Å². The average Bonchev–Trinajstić information content (AvgIpc) is 2.49. The van der Waals surface area contributed by atoms with Crippen LogP contribution in [0.5, 0.6) is 5.75 Å². The van der Waals surface area contributed by atoms with E-state index >= 15 is 0 Å². The zero-order valence-corrected chi connectivity index (χ0v) is 14.4. The highest BCUT2D eigenvalue weighted by molar-refractivity contribution is 5.36. The summed E-state index contributed by atoms with van der Waals surface area (Å²) in [6.07, 6.45) is 6.22. The molecule has 0 aliphatic heterocycles. The van der Waals surface area contributed by atoms with E-state index in [2.05, 4.69) is 51.2 Å². The highest BCUT2D eigenvalue weighted by Crippen LogP contribution is 2.22. The zero-order valence-electron chi connectivity index (χ0n) is 14.4. The van der Waals surface area contributed by atoms with Crippen LogP contribution >= 0.6 is 0 Å². The maximum absolute atomic E-state index is 6.13. The predicted molar refractivity (Wildman–Crippen MR) is 92.0 cm³/mol. The van der Waals surface area contributed by atoms with E-state index in [9.17, 15) is 0 Å². The van der Waals surface area contributed by atoms with Gasteiger partial charge in [-0.1, -0.05) is 57.7 Å². The van der Waals surface area contributed by atoms with Crippen molar-refractivity contribution in [1.29, 1.82) is 0 Å². The number of rotatable bonds is 11. The van der Waals surface area contributed by atoms with Crippen LogP contribution in [0.1, 0.15) is 64.0 Å². The predicted octanol–water partition coefficient (Wildman–Crippen LogP) is 5.09. The van der Waals surface area contributed by atoms with Gasteiger partial charge in [0.2, 0.25) is 0 Å². The van der Waals surface area contributed by atoms with E-state index in [1.165, 1.54) is 36.8 Å². The van der Waals surface area contributed by atoms with Gasteiger partial charge in [0.05, 0.1) is 6.61 Å². The number of hydrogen-bond acceptors (Lipinski definition) is 2. The molecule has 0 saturated heterocycles. The monoisotopic (exact) mass is 291 g/mol. The molecule has 1 rings (SSSR count). The van der Waals surface area contributed by atoms with Crippen LogP contribution in [0.25, 0.3) is 0 Å². The fraction of sp³-hybridized carbons (Fsp3) is 0.684. The minimum atomic E-state index is 0.683. The molecule has 0 aromatic heterocycles. The van der Waals surface area contributed by atoms with Crippen molar-refractivity contribution in [3.05, 3.63) is 29.3 Å². The van der Waals surface area contributed by atoms with Crippen LogP contribution < -0.4 is 10.1 Å². The quantitative estimate of drug-likeness (QED) is 0.573. The number of hydrogen-bond donors (Lipinski definition) is 1. The second kappa shape index (κ2) is 10.7. The van der Waals surface area contributed by atoms with Gasteiger partial charge >= 0.3 is 0 Å². The van der Waals surface area contributed by atoms with Crippen molar-refractivity contribution in [1.82, 2.24) is 5.32 Å². The average molecular weight is 291 g/mol. The molecule has 1 unspecified atom stereocenters. The lowest BCUT2D eigenvalue weighted by molar-refractivity contribution is 0.231. The highest BCUT2D eigenvalue weighted by Gasteiger charge is 2.09. The van der Waals surface area contributed by atoms with E-state index in [0.717, 1.165) is 31.9 Å². The molecule has 1 aromatic carbocycles. The van der Waals surface area contributed by atoms with Crippen molar-refractivity contribution in [3.8, 4) is 5.75 Å². The Morgan fingerprint density at radius 2 is 1.95 bits per heavy atom. The van der Waals surface area contributed by atoms with Crippen molar-refractivity contribution < 1.29 is 4.74 Å². The van der Waals surface area contributed by atoms with Gasteiger partial charge in [0.15, 0.2) is 0 Å². The van der Waals surface area contributed by atoms with Gasteiger partial charge in [0.25, 0.3) is 0 Å². The standard InChI is InChI=1S/C19H33NO/c1-5-8-9-17(7-3)15-21-19-11-10-16(4)13-18(19)14-20-12-6-2/h10-11,13,17,20H,5-9,12,14-15H2,1-4H3. The molecule has 0 fully saturated rings. The van der Waals surface area contributed by atoms with Gasteiger partial charge in [0.1, 0.15) is 5.75 Å². The first-order valence-corrected chi connectivity index (χ1v) is 8.64. The normalized spacial score (nSPS) is 12.4. The van der Waals surface area contributed by atoms with E-state index in [0.29, 0.717) is 5.92 Å². The van der Waals surface area contributed by atoms with Crippen molar-refractivity contribution in [2.45, 2.75) is 66.3 Å². The van der Waals surface area contributed by atoms with Gasteiger partial charge in [-0.2, -0.15) is 0 Å². The number of nitrogens with one attached hydrogen (secondary N) is 1. The van der Waals surface area contributed by atoms with Crippen molar-refractivity contribution in [3.63, 3.8) is 0 Å². The molecular weight excluding hydrogens is 258 g/mol. The van der Waals surface area contributed by atoms with Crippen LogP contribution in [0, 0.1) is 12.8 Å². The van der Waals surface area contributed by atoms with Crippen LogP contribution in [0.2, 0.25) is 0 Å². The van der Waals surface area contributed by atoms with Gasteiger partial charge in [-0.3, -0.25) is 0 Å². The molecular formula is C19H33NO. The first-order chi connectivity index (χ1) is 10.2. The Balaban J connectivity index is 2.59. The van der Waals surface area contributed by atoms with Gasteiger partial charge in [-0.25, -0.2) is 0 Å². The number of unbranched alkanes of at least 4 members (excludes halogenated alkanes) is 1. The summed E-state index contributed by atoms with van der Waals surface area (Å²) in [7, 11) is 0. The SMILES string of the molecule is CCCCC(CC)COc1ccc(C)cc1CNCCC. The molecule has 1 atom stereocenters. The second-order valence-electron chi connectivity index (χ2n) is 6.02. The Morgan fingerprint density at radius 1 is 1.14 bits per heavy atom. The summed E-state index contributed by atoms with van der Waals surface area (Å²) < 4.78 is 6.13. The zero-order chi connectivity index (χ0) is 15.5. The van der Waals surface area contributed by atoms with E-state index < -0.39 is 0 Å². The summed E-state index contributed by atoms with van der Waals surface area (Å²) in [5.41, 5.74) is 2.59. The van der Waals surface area contributed by atoms with Crippen LogP contribution in [-0.2, 0) is 6.54 Å². The third kappa shape index (κ3) is 6.99. The smallest absolute Gasteiger partial charge is 0.123 e. The molecule has 0 aliphatic rings. The first-order valence-electron chi connectivity index (χ1n) is 8.64. The van der Waals surface area contributed by atoms with E-state index in [1.807, 2.05) is 0 Å². The molecule has 0 radical (unpaired) electrons. The Labute approximate surface area is 131 Å². The van der Waals surface area contributed by atoms with Gasteiger partial charge < -0.3 is 10.1 Å². The maximum atomic E-state index is 6.13. The van der Waals surface area contributed by atoms with Crippen molar-refractivity contribution in [2.24, 2.45) is 5.92 Å². The van der Waals surface area contributed by atoms with Crippen LogP contribution in [-0.4, -0.2) is 13.2 Å². The summed E-state index contributed by atoms with van der Waals surface area (Å²) in [6.45, 7) is 11.7. The molecule has 2 heteroatoms. The molecule has 0 heterocycles. The van der Waals surface area contributed by atoms with Gasteiger partial charge in [0, 0.05) is 12.1 Å². The molecule has 21 heavy (non-hydrogen) atoms. The summed E-state index contributed by atoms with van der Waals surface area (Å²) in [4.78, 5) is 0. The largest absolute Gasteiger partial charge is 0.493 e. The second-order valence-corrected chi connectivity index (χ2v) is 6.02. The Bertz CT molecular complexity index is 389. The van der Waals surface area contributed by atoms with Gasteiger partial charge in [-0.05, 0) is 38.3 Å². The number of aryl methyl sites for hydroxylation is 1. The van der Waals surface area contributed by atoms with Crippen LogP contribution in [0.15, 0.2) is 18.2 Å². The fourth-order valence-electron chi connectivity index (χ4n) is 2.49. The van der Waals surface area contributed by atoms with Crippen molar-refractivity contribution >= 4 is 0 Å².